The molecule has 3 nitrogen and oxygen atoms in total. The van der Waals surface area contributed by atoms with E-state index in [9.17, 15) is 4.39 Å². The van der Waals surface area contributed by atoms with E-state index < -0.39 is 0 Å². The van der Waals surface area contributed by atoms with Gasteiger partial charge in [0.1, 0.15) is 11.6 Å². The lowest BCUT2D eigenvalue weighted by molar-refractivity contribution is 0.200. The van der Waals surface area contributed by atoms with E-state index >= 15 is 0 Å². The largest absolute Gasteiger partial charge is 0.384 e. The van der Waals surface area contributed by atoms with Crippen molar-refractivity contribution >= 4 is 23.3 Å². The molecule has 0 saturated heterocycles. The van der Waals surface area contributed by atoms with E-state index in [0.29, 0.717) is 13.0 Å². The zero-order valence-electron chi connectivity index (χ0n) is 9.22. The van der Waals surface area contributed by atoms with Gasteiger partial charge in [-0.1, -0.05) is 17.8 Å². The van der Waals surface area contributed by atoms with Gasteiger partial charge in [0, 0.05) is 18.4 Å². The molecular formula is C11H11FN2OS2. The van der Waals surface area contributed by atoms with Crippen LogP contribution in [0.4, 0.5) is 4.39 Å². The Bertz CT molecular complexity index is 490. The average molecular weight is 270 g/mol. The van der Waals surface area contributed by atoms with Crippen LogP contribution in [0.2, 0.25) is 0 Å². The molecule has 2 rings (SSSR count). The first-order valence-electron chi connectivity index (χ1n) is 5.03. The Morgan fingerprint density at radius 3 is 3.12 bits per heavy atom. The first-order chi connectivity index (χ1) is 8.28. The molecule has 1 aromatic heterocycles. The lowest BCUT2D eigenvalue weighted by Crippen LogP contribution is -1.95. The van der Waals surface area contributed by atoms with Crippen molar-refractivity contribution in [3.8, 4) is 0 Å². The number of nitrogens with zero attached hydrogens (tertiary/aromatic N) is 2. The molecular weight excluding hydrogens is 259 g/mol. The van der Waals surface area contributed by atoms with Crippen LogP contribution in [0.1, 0.15) is 5.82 Å². The van der Waals surface area contributed by atoms with Crippen molar-refractivity contribution < 1.29 is 9.13 Å². The molecule has 90 valence electrons. The maximum absolute atomic E-state index is 13.0. The zero-order valence-corrected chi connectivity index (χ0v) is 10.9. The summed E-state index contributed by atoms with van der Waals surface area (Å²) in [7, 11) is 1.65. The Hall–Kier alpha value is -0.980. The molecule has 6 heteroatoms. The first kappa shape index (κ1) is 12.5. The molecule has 0 amide bonds. The summed E-state index contributed by atoms with van der Waals surface area (Å²) >= 11 is 2.74. The molecule has 0 unspecified atom stereocenters. The van der Waals surface area contributed by atoms with Crippen molar-refractivity contribution in [1.82, 2.24) is 9.36 Å². The Kier molecular flexibility index (Phi) is 4.47. The average Bonchev–Trinajstić information content (AvgIpc) is 2.74. The highest BCUT2D eigenvalue weighted by molar-refractivity contribution is 8.01. The summed E-state index contributed by atoms with van der Waals surface area (Å²) in [4.78, 5) is 5.17. The summed E-state index contributed by atoms with van der Waals surface area (Å²) in [6, 6.07) is 6.45. The number of rotatable bonds is 5. The predicted octanol–water partition coefficient (Wildman–Crippen LogP) is 3.02. The van der Waals surface area contributed by atoms with Gasteiger partial charge in [0.2, 0.25) is 0 Å². The maximum atomic E-state index is 13.0. The Morgan fingerprint density at radius 1 is 1.47 bits per heavy atom. The smallest absolute Gasteiger partial charge is 0.174 e. The number of methoxy groups -OCH3 is 1. The SMILES string of the molecule is COCCc1nsc(Sc2cccc(F)c2)n1. The molecule has 0 N–H and O–H groups in total. The number of halogens is 1. The van der Waals surface area contributed by atoms with Gasteiger partial charge in [-0.25, -0.2) is 9.37 Å². The van der Waals surface area contributed by atoms with Gasteiger partial charge < -0.3 is 4.74 Å². The summed E-state index contributed by atoms with van der Waals surface area (Å²) in [5.41, 5.74) is 0. The molecule has 0 atom stereocenters. The second-order valence-corrected chi connectivity index (χ2v) is 5.35. The summed E-state index contributed by atoms with van der Waals surface area (Å²) in [6.07, 6.45) is 0.705. The van der Waals surface area contributed by atoms with Crippen LogP contribution in [0.25, 0.3) is 0 Å². The van der Waals surface area contributed by atoms with Gasteiger partial charge in [-0.15, -0.1) is 0 Å². The van der Waals surface area contributed by atoms with Crippen molar-refractivity contribution in [2.24, 2.45) is 0 Å². The minimum Gasteiger partial charge on any atom is -0.384 e. The van der Waals surface area contributed by atoms with Crippen LogP contribution in [-0.4, -0.2) is 23.1 Å². The second kappa shape index (κ2) is 6.09. The highest BCUT2D eigenvalue weighted by atomic mass is 32.2. The third-order valence-corrected chi connectivity index (χ3v) is 3.76. The van der Waals surface area contributed by atoms with Gasteiger partial charge in [0.15, 0.2) is 4.34 Å². The summed E-state index contributed by atoms with van der Waals surface area (Å²) < 4.78 is 23.0. The number of ether oxygens (including phenoxy) is 1. The number of benzene rings is 1. The molecule has 0 radical (unpaired) electrons. The fraction of sp³-hybridized carbons (Fsp3) is 0.273. The zero-order chi connectivity index (χ0) is 12.1. The van der Waals surface area contributed by atoms with Gasteiger partial charge >= 0.3 is 0 Å². The minimum atomic E-state index is -0.237. The van der Waals surface area contributed by atoms with E-state index in [1.807, 2.05) is 6.07 Å². The summed E-state index contributed by atoms with van der Waals surface area (Å²) in [5.74, 6) is 0.537. The lowest BCUT2D eigenvalue weighted by Gasteiger charge is -1.96. The number of hydrogen-bond acceptors (Lipinski definition) is 5. The van der Waals surface area contributed by atoms with E-state index in [4.69, 9.17) is 4.74 Å². The Morgan fingerprint density at radius 2 is 2.35 bits per heavy atom. The standard InChI is InChI=1S/C11H11FN2OS2/c1-15-6-5-10-13-11(17-14-10)16-9-4-2-3-8(12)7-9/h2-4,7H,5-6H2,1H3. The molecule has 0 bridgehead atoms. The van der Waals surface area contributed by atoms with Gasteiger partial charge in [-0.05, 0) is 29.7 Å². The van der Waals surface area contributed by atoms with Crippen molar-refractivity contribution in [3.05, 3.63) is 35.9 Å². The lowest BCUT2D eigenvalue weighted by atomic mass is 10.4. The van der Waals surface area contributed by atoms with Crippen molar-refractivity contribution in [2.45, 2.75) is 15.7 Å². The topological polar surface area (TPSA) is 35.0 Å². The van der Waals surface area contributed by atoms with E-state index in [2.05, 4.69) is 9.36 Å². The molecule has 0 saturated carbocycles. The molecule has 0 aliphatic rings. The maximum Gasteiger partial charge on any atom is 0.174 e. The molecule has 1 heterocycles. The first-order valence-corrected chi connectivity index (χ1v) is 6.62. The third-order valence-electron chi connectivity index (χ3n) is 1.98. The molecule has 0 spiro atoms. The van der Waals surface area contributed by atoms with Crippen LogP contribution in [-0.2, 0) is 11.2 Å². The highest BCUT2D eigenvalue weighted by Crippen LogP contribution is 2.29. The van der Waals surface area contributed by atoms with E-state index in [0.717, 1.165) is 15.1 Å². The fourth-order valence-corrected chi connectivity index (χ4v) is 2.89. The molecule has 0 aliphatic heterocycles. The molecule has 0 aliphatic carbocycles. The van der Waals surface area contributed by atoms with Gasteiger partial charge in [-0.2, -0.15) is 4.37 Å². The summed E-state index contributed by atoms with van der Waals surface area (Å²) in [5, 5.41) is 0. The predicted molar refractivity (Wildman–Crippen MR) is 66.0 cm³/mol. The Balaban J connectivity index is 2.01. The monoisotopic (exact) mass is 270 g/mol. The van der Waals surface area contributed by atoms with Crippen molar-refractivity contribution in [2.75, 3.05) is 13.7 Å². The van der Waals surface area contributed by atoms with Gasteiger partial charge in [0.05, 0.1) is 6.61 Å². The van der Waals surface area contributed by atoms with E-state index in [1.165, 1.54) is 35.4 Å². The van der Waals surface area contributed by atoms with Crippen LogP contribution >= 0.6 is 23.3 Å². The van der Waals surface area contributed by atoms with Crippen molar-refractivity contribution in [1.29, 1.82) is 0 Å². The van der Waals surface area contributed by atoms with Gasteiger partial charge in [0.25, 0.3) is 0 Å². The number of hydrogen-bond donors (Lipinski definition) is 0. The molecule has 0 fully saturated rings. The molecule has 17 heavy (non-hydrogen) atoms. The minimum absolute atomic E-state index is 0.237. The van der Waals surface area contributed by atoms with E-state index in [1.54, 1.807) is 13.2 Å². The van der Waals surface area contributed by atoms with Crippen molar-refractivity contribution in [3.63, 3.8) is 0 Å². The summed E-state index contributed by atoms with van der Waals surface area (Å²) in [6.45, 7) is 0.612. The normalized spacial score (nSPS) is 10.7. The van der Waals surface area contributed by atoms with Gasteiger partial charge in [-0.3, -0.25) is 0 Å². The van der Waals surface area contributed by atoms with Crippen LogP contribution < -0.4 is 0 Å². The fourth-order valence-electron chi connectivity index (χ4n) is 1.21. The number of aromatic nitrogens is 2. The van der Waals surface area contributed by atoms with E-state index in [-0.39, 0.29) is 5.82 Å². The van der Waals surface area contributed by atoms with Crippen LogP contribution in [0.5, 0.6) is 0 Å². The third kappa shape index (κ3) is 3.76. The second-order valence-electron chi connectivity index (χ2n) is 3.28. The Labute approximate surface area is 107 Å². The molecule has 1 aromatic carbocycles. The quantitative estimate of drug-likeness (QED) is 0.836. The van der Waals surface area contributed by atoms with Crippen LogP contribution in [0.3, 0.4) is 0 Å². The van der Waals surface area contributed by atoms with Crippen LogP contribution in [0, 0.1) is 5.82 Å². The highest BCUT2D eigenvalue weighted by Gasteiger charge is 2.06. The van der Waals surface area contributed by atoms with Crippen LogP contribution in [0.15, 0.2) is 33.5 Å². The molecule has 2 aromatic rings.